The maximum absolute atomic E-state index is 4.39. The Hall–Kier alpha value is -2.04. The van der Waals surface area contributed by atoms with E-state index in [1.807, 2.05) is 19.9 Å². The average Bonchev–Trinajstić information content (AvgIpc) is 2.30. The van der Waals surface area contributed by atoms with Crippen LogP contribution >= 0.6 is 0 Å². The summed E-state index contributed by atoms with van der Waals surface area (Å²) in [6, 6.07) is 1.92. The van der Waals surface area contributed by atoms with E-state index in [1.54, 1.807) is 12.4 Å². The summed E-state index contributed by atoms with van der Waals surface area (Å²) in [5.41, 5.74) is 2.65. The highest BCUT2D eigenvalue weighted by Crippen LogP contribution is 2.16. The smallest absolute Gasteiger partial charge is 0.223 e. The van der Waals surface area contributed by atoms with Crippen molar-refractivity contribution in [1.82, 2.24) is 19.9 Å². The van der Waals surface area contributed by atoms with Gasteiger partial charge in [0.05, 0.1) is 5.69 Å². The van der Waals surface area contributed by atoms with E-state index in [0.29, 0.717) is 5.95 Å². The van der Waals surface area contributed by atoms with Gasteiger partial charge in [0.2, 0.25) is 5.95 Å². The SMILES string of the molecule is CCNc1nc(C)cc(-c2cncnc2)n1. The number of aryl methyl sites for hydroxylation is 1. The molecule has 2 aromatic heterocycles. The molecule has 0 aliphatic heterocycles. The summed E-state index contributed by atoms with van der Waals surface area (Å²) in [6.45, 7) is 4.75. The van der Waals surface area contributed by atoms with Crippen LogP contribution in [0.15, 0.2) is 24.8 Å². The molecule has 5 heteroatoms. The molecule has 0 aliphatic carbocycles. The second-order valence-corrected chi connectivity index (χ2v) is 3.38. The van der Waals surface area contributed by atoms with Crippen LogP contribution in [0.1, 0.15) is 12.6 Å². The zero-order valence-corrected chi connectivity index (χ0v) is 9.31. The van der Waals surface area contributed by atoms with Crippen LogP contribution in [-0.4, -0.2) is 26.5 Å². The minimum absolute atomic E-state index is 0.640. The fourth-order valence-electron chi connectivity index (χ4n) is 1.38. The van der Waals surface area contributed by atoms with Gasteiger partial charge in [0, 0.05) is 30.2 Å². The molecule has 5 nitrogen and oxygen atoms in total. The minimum Gasteiger partial charge on any atom is -0.354 e. The van der Waals surface area contributed by atoms with Gasteiger partial charge in [0.1, 0.15) is 6.33 Å². The molecule has 0 atom stereocenters. The molecule has 16 heavy (non-hydrogen) atoms. The summed E-state index contributed by atoms with van der Waals surface area (Å²) in [7, 11) is 0. The first-order valence-electron chi connectivity index (χ1n) is 5.14. The fraction of sp³-hybridized carbons (Fsp3) is 0.273. The minimum atomic E-state index is 0.640. The van der Waals surface area contributed by atoms with Crippen LogP contribution in [0.5, 0.6) is 0 Å². The molecule has 0 amide bonds. The molecule has 0 spiro atoms. The van der Waals surface area contributed by atoms with Crippen molar-refractivity contribution in [3.63, 3.8) is 0 Å². The third-order valence-electron chi connectivity index (χ3n) is 2.05. The molecule has 0 fully saturated rings. The molecule has 0 unspecified atom stereocenters. The van der Waals surface area contributed by atoms with Crippen LogP contribution in [0.25, 0.3) is 11.3 Å². The largest absolute Gasteiger partial charge is 0.354 e. The van der Waals surface area contributed by atoms with Gasteiger partial charge in [-0.15, -0.1) is 0 Å². The number of rotatable bonds is 3. The second kappa shape index (κ2) is 4.65. The molecule has 0 aliphatic rings. The maximum Gasteiger partial charge on any atom is 0.223 e. The summed E-state index contributed by atoms with van der Waals surface area (Å²) in [5.74, 6) is 0.640. The third-order valence-corrected chi connectivity index (χ3v) is 2.05. The average molecular weight is 215 g/mol. The molecule has 0 saturated heterocycles. The van der Waals surface area contributed by atoms with E-state index in [9.17, 15) is 0 Å². The molecule has 0 saturated carbocycles. The highest BCUT2D eigenvalue weighted by atomic mass is 15.1. The van der Waals surface area contributed by atoms with E-state index in [0.717, 1.165) is 23.5 Å². The Morgan fingerprint density at radius 3 is 2.62 bits per heavy atom. The Morgan fingerprint density at radius 2 is 1.94 bits per heavy atom. The molecular formula is C11H13N5. The lowest BCUT2D eigenvalue weighted by atomic mass is 10.2. The Labute approximate surface area is 94.0 Å². The summed E-state index contributed by atoms with van der Waals surface area (Å²) in [6.07, 6.45) is 4.98. The zero-order valence-electron chi connectivity index (χ0n) is 9.31. The van der Waals surface area contributed by atoms with E-state index in [-0.39, 0.29) is 0 Å². The molecular weight excluding hydrogens is 202 g/mol. The second-order valence-electron chi connectivity index (χ2n) is 3.38. The highest BCUT2D eigenvalue weighted by molar-refractivity contribution is 5.58. The van der Waals surface area contributed by atoms with Crippen LogP contribution in [-0.2, 0) is 0 Å². The normalized spacial score (nSPS) is 10.1. The molecule has 0 bridgehead atoms. The van der Waals surface area contributed by atoms with Crippen LogP contribution in [0.2, 0.25) is 0 Å². The van der Waals surface area contributed by atoms with E-state index >= 15 is 0 Å². The fourth-order valence-corrected chi connectivity index (χ4v) is 1.38. The lowest BCUT2D eigenvalue weighted by Crippen LogP contribution is -2.04. The van der Waals surface area contributed by atoms with Gasteiger partial charge in [-0.1, -0.05) is 0 Å². The summed E-state index contributed by atoms with van der Waals surface area (Å²) in [5, 5.41) is 3.10. The van der Waals surface area contributed by atoms with Gasteiger partial charge >= 0.3 is 0 Å². The molecule has 2 rings (SSSR count). The Morgan fingerprint density at radius 1 is 1.19 bits per heavy atom. The van der Waals surface area contributed by atoms with E-state index < -0.39 is 0 Å². The Kier molecular flexibility index (Phi) is 3.05. The van der Waals surface area contributed by atoms with Gasteiger partial charge in [-0.05, 0) is 19.9 Å². The first-order chi connectivity index (χ1) is 7.79. The lowest BCUT2D eigenvalue weighted by molar-refractivity contribution is 1.05. The predicted molar refractivity (Wildman–Crippen MR) is 62.0 cm³/mol. The van der Waals surface area contributed by atoms with Gasteiger partial charge in [-0.25, -0.2) is 19.9 Å². The van der Waals surface area contributed by atoms with Crippen molar-refractivity contribution >= 4 is 5.95 Å². The van der Waals surface area contributed by atoms with Gasteiger partial charge in [-0.2, -0.15) is 0 Å². The van der Waals surface area contributed by atoms with Crippen molar-refractivity contribution < 1.29 is 0 Å². The molecule has 82 valence electrons. The topological polar surface area (TPSA) is 63.6 Å². The van der Waals surface area contributed by atoms with Crippen LogP contribution in [0.3, 0.4) is 0 Å². The van der Waals surface area contributed by atoms with Gasteiger partial charge in [-0.3, -0.25) is 0 Å². The molecule has 2 heterocycles. The molecule has 0 radical (unpaired) electrons. The summed E-state index contributed by atoms with van der Waals surface area (Å²) in [4.78, 5) is 16.6. The predicted octanol–water partition coefficient (Wildman–Crippen LogP) is 1.67. The van der Waals surface area contributed by atoms with Crippen LogP contribution < -0.4 is 5.32 Å². The van der Waals surface area contributed by atoms with E-state index in [1.165, 1.54) is 6.33 Å². The Balaban J connectivity index is 2.41. The van der Waals surface area contributed by atoms with Crippen LogP contribution in [0, 0.1) is 6.92 Å². The highest BCUT2D eigenvalue weighted by Gasteiger charge is 2.04. The summed E-state index contributed by atoms with van der Waals surface area (Å²) < 4.78 is 0. The van der Waals surface area contributed by atoms with Crippen molar-refractivity contribution in [2.45, 2.75) is 13.8 Å². The summed E-state index contributed by atoms with van der Waals surface area (Å²) >= 11 is 0. The number of hydrogen-bond donors (Lipinski definition) is 1. The van der Waals surface area contributed by atoms with Crippen LogP contribution in [0.4, 0.5) is 5.95 Å². The van der Waals surface area contributed by atoms with Crippen molar-refractivity contribution in [3.8, 4) is 11.3 Å². The Bertz CT molecular complexity index is 469. The number of aromatic nitrogens is 4. The first kappa shape index (κ1) is 10.5. The van der Waals surface area contributed by atoms with Crippen molar-refractivity contribution in [3.05, 3.63) is 30.5 Å². The van der Waals surface area contributed by atoms with Crippen molar-refractivity contribution in [1.29, 1.82) is 0 Å². The number of nitrogens with zero attached hydrogens (tertiary/aromatic N) is 4. The van der Waals surface area contributed by atoms with Gasteiger partial charge < -0.3 is 5.32 Å². The van der Waals surface area contributed by atoms with Crippen molar-refractivity contribution in [2.24, 2.45) is 0 Å². The number of nitrogens with one attached hydrogen (secondary N) is 1. The molecule has 0 aromatic carbocycles. The molecule has 1 N–H and O–H groups in total. The van der Waals surface area contributed by atoms with E-state index in [4.69, 9.17) is 0 Å². The van der Waals surface area contributed by atoms with Gasteiger partial charge in [0.15, 0.2) is 0 Å². The zero-order chi connectivity index (χ0) is 11.4. The molecule has 2 aromatic rings. The third kappa shape index (κ3) is 2.31. The monoisotopic (exact) mass is 215 g/mol. The maximum atomic E-state index is 4.39. The number of hydrogen-bond acceptors (Lipinski definition) is 5. The van der Waals surface area contributed by atoms with Crippen molar-refractivity contribution in [2.75, 3.05) is 11.9 Å². The quantitative estimate of drug-likeness (QED) is 0.843. The van der Waals surface area contributed by atoms with E-state index in [2.05, 4.69) is 25.3 Å². The standard InChI is InChI=1S/C11H13N5/c1-3-14-11-15-8(2)4-10(16-11)9-5-12-7-13-6-9/h4-7H,3H2,1-2H3,(H,14,15,16). The first-order valence-corrected chi connectivity index (χ1v) is 5.14. The number of anilines is 1. The lowest BCUT2D eigenvalue weighted by Gasteiger charge is -2.05. The van der Waals surface area contributed by atoms with Gasteiger partial charge in [0.25, 0.3) is 0 Å².